The zero-order chi connectivity index (χ0) is 13.5. The van der Waals surface area contributed by atoms with E-state index in [1.807, 2.05) is 6.92 Å². The number of fused-ring (bicyclic) bond motifs is 1. The quantitative estimate of drug-likeness (QED) is 0.855. The van der Waals surface area contributed by atoms with E-state index in [-0.39, 0.29) is 5.92 Å². The second kappa shape index (κ2) is 4.87. The van der Waals surface area contributed by atoms with Crippen LogP contribution in [-0.4, -0.2) is 24.9 Å². The minimum Gasteiger partial charge on any atom is -0.242 e. The van der Waals surface area contributed by atoms with E-state index in [0.717, 1.165) is 29.8 Å². The standard InChI is InChI=1S/C14H17NO2S2/c1-10-15-13-8-11(4-5-14(13)18-10)7-12-3-2-6-19(16,17)9-12/h4-5,8,12H,2-3,6-7,9H2,1H3/t12-/m0/s1. The van der Waals surface area contributed by atoms with Gasteiger partial charge in [-0.3, -0.25) is 0 Å². The second-order valence-corrected chi connectivity index (χ2v) is 8.83. The molecule has 0 radical (unpaired) electrons. The number of hydrogen-bond acceptors (Lipinski definition) is 4. The lowest BCUT2D eigenvalue weighted by Gasteiger charge is -2.21. The van der Waals surface area contributed by atoms with Gasteiger partial charge in [0.1, 0.15) is 0 Å². The Morgan fingerprint density at radius 2 is 2.26 bits per heavy atom. The van der Waals surface area contributed by atoms with Crippen molar-refractivity contribution in [2.45, 2.75) is 26.2 Å². The summed E-state index contributed by atoms with van der Waals surface area (Å²) in [5.74, 6) is 0.991. The van der Waals surface area contributed by atoms with Gasteiger partial charge in [-0.1, -0.05) is 6.07 Å². The molecule has 2 heterocycles. The van der Waals surface area contributed by atoms with Gasteiger partial charge < -0.3 is 0 Å². The van der Waals surface area contributed by atoms with Crippen LogP contribution >= 0.6 is 11.3 Å². The Balaban J connectivity index is 1.81. The molecule has 1 aromatic carbocycles. The van der Waals surface area contributed by atoms with Gasteiger partial charge in [0.05, 0.1) is 26.7 Å². The minimum atomic E-state index is -2.80. The molecule has 1 saturated heterocycles. The van der Waals surface area contributed by atoms with Crippen molar-refractivity contribution in [1.29, 1.82) is 0 Å². The predicted molar refractivity (Wildman–Crippen MR) is 79.4 cm³/mol. The summed E-state index contributed by atoms with van der Waals surface area (Å²) in [5, 5.41) is 1.08. The van der Waals surface area contributed by atoms with Crippen LogP contribution in [0, 0.1) is 12.8 Å². The highest BCUT2D eigenvalue weighted by Crippen LogP contribution is 2.26. The van der Waals surface area contributed by atoms with Crippen LogP contribution in [0.1, 0.15) is 23.4 Å². The molecular weight excluding hydrogens is 278 g/mol. The molecule has 0 N–H and O–H groups in total. The summed E-state index contributed by atoms with van der Waals surface area (Å²) in [4.78, 5) is 4.50. The molecule has 0 unspecified atom stereocenters. The first-order valence-corrected chi connectivity index (χ1v) is 9.22. The number of rotatable bonds is 2. The summed E-state index contributed by atoms with van der Waals surface area (Å²) in [6.45, 7) is 2.01. The maximum Gasteiger partial charge on any atom is 0.150 e. The SMILES string of the molecule is Cc1nc2cc(C[C@@H]3CCCS(=O)(=O)C3)ccc2s1. The van der Waals surface area contributed by atoms with Crippen molar-refractivity contribution >= 4 is 31.4 Å². The Kier molecular flexibility index (Phi) is 3.35. The molecule has 1 aliphatic rings. The monoisotopic (exact) mass is 295 g/mol. The van der Waals surface area contributed by atoms with Crippen LogP contribution in [0.15, 0.2) is 18.2 Å². The van der Waals surface area contributed by atoms with Crippen molar-refractivity contribution in [3.63, 3.8) is 0 Å². The van der Waals surface area contributed by atoms with E-state index < -0.39 is 9.84 Å². The molecule has 0 aliphatic carbocycles. The van der Waals surface area contributed by atoms with Crippen molar-refractivity contribution in [2.24, 2.45) is 5.92 Å². The third-order valence-electron chi connectivity index (χ3n) is 3.64. The number of thiazole rings is 1. The van der Waals surface area contributed by atoms with Crippen molar-refractivity contribution in [3.05, 3.63) is 28.8 Å². The number of sulfone groups is 1. The van der Waals surface area contributed by atoms with Crippen LogP contribution in [0.25, 0.3) is 10.2 Å². The van der Waals surface area contributed by atoms with Crippen molar-refractivity contribution in [3.8, 4) is 0 Å². The highest BCUT2D eigenvalue weighted by Gasteiger charge is 2.24. The number of aryl methyl sites for hydroxylation is 1. The summed E-state index contributed by atoms with van der Waals surface area (Å²) in [6.07, 6.45) is 2.68. The van der Waals surface area contributed by atoms with Gasteiger partial charge in [0.15, 0.2) is 9.84 Å². The molecular formula is C14H17NO2S2. The number of hydrogen-bond donors (Lipinski definition) is 0. The summed E-state index contributed by atoms with van der Waals surface area (Å²) < 4.78 is 24.5. The van der Waals surface area contributed by atoms with Crippen molar-refractivity contribution in [1.82, 2.24) is 4.98 Å². The van der Waals surface area contributed by atoms with Gasteiger partial charge in [-0.2, -0.15) is 0 Å². The zero-order valence-electron chi connectivity index (χ0n) is 10.9. The Bertz CT molecular complexity index is 703. The van der Waals surface area contributed by atoms with E-state index in [1.54, 1.807) is 11.3 Å². The second-order valence-electron chi connectivity index (χ2n) is 5.36. The first kappa shape index (κ1) is 13.1. The fourth-order valence-corrected chi connectivity index (χ4v) is 5.41. The summed E-state index contributed by atoms with van der Waals surface area (Å²) >= 11 is 1.70. The predicted octanol–water partition coefficient (Wildman–Crippen LogP) is 2.97. The Hall–Kier alpha value is -0.940. The van der Waals surface area contributed by atoms with Crippen molar-refractivity contribution < 1.29 is 8.42 Å². The Morgan fingerprint density at radius 3 is 3.05 bits per heavy atom. The molecule has 0 amide bonds. The molecule has 3 rings (SSSR count). The Morgan fingerprint density at radius 1 is 1.42 bits per heavy atom. The van der Waals surface area contributed by atoms with Gasteiger partial charge in [-0.05, 0) is 49.8 Å². The first-order valence-electron chi connectivity index (χ1n) is 6.58. The van der Waals surface area contributed by atoms with Crippen molar-refractivity contribution in [2.75, 3.05) is 11.5 Å². The molecule has 102 valence electrons. The molecule has 0 saturated carbocycles. The number of aromatic nitrogens is 1. The average molecular weight is 295 g/mol. The van der Waals surface area contributed by atoms with E-state index in [2.05, 4.69) is 23.2 Å². The zero-order valence-corrected chi connectivity index (χ0v) is 12.6. The lowest BCUT2D eigenvalue weighted by Crippen LogP contribution is -2.26. The molecule has 1 aromatic heterocycles. The third kappa shape index (κ3) is 2.98. The van der Waals surface area contributed by atoms with Gasteiger partial charge in [0, 0.05) is 0 Å². The first-order chi connectivity index (χ1) is 9.02. The van der Waals surface area contributed by atoms with E-state index in [1.165, 1.54) is 10.3 Å². The smallest absolute Gasteiger partial charge is 0.150 e. The van der Waals surface area contributed by atoms with E-state index in [0.29, 0.717) is 11.5 Å². The summed E-state index contributed by atoms with van der Waals surface area (Å²) in [5.41, 5.74) is 2.25. The molecule has 1 aliphatic heterocycles. The van der Waals surface area contributed by atoms with Gasteiger partial charge in [0.25, 0.3) is 0 Å². The molecule has 1 atom stereocenters. The van der Waals surface area contributed by atoms with Crippen LogP contribution in [0.2, 0.25) is 0 Å². The van der Waals surface area contributed by atoms with Crippen LogP contribution in [-0.2, 0) is 16.3 Å². The number of benzene rings is 1. The van der Waals surface area contributed by atoms with Gasteiger partial charge in [-0.15, -0.1) is 11.3 Å². The van der Waals surface area contributed by atoms with Crippen LogP contribution in [0.3, 0.4) is 0 Å². The maximum atomic E-state index is 11.7. The fraction of sp³-hybridized carbons (Fsp3) is 0.500. The number of nitrogens with zero attached hydrogens (tertiary/aromatic N) is 1. The summed E-state index contributed by atoms with van der Waals surface area (Å²) in [6, 6.07) is 6.33. The average Bonchev–Trinajstić information content (AvgIpc) is 2.67. The normalized spacial score (nSPS) is 22.7. The van der Waals surface area contributed by atoms with E-state index in [4.69, 9.17) is 0 Å². The topological polar surface area (TPSA) is 47.0 Å². The Labute approximate surface area is 117 Å². The lowest BCUT2D eigenvalue weighted by molar-refractivity contribution is 0.484. The van der Waals surface area contributed by atoms with Crippen LogP contribution in [0.4, 0.5) is 0 Å². The minimum absolute atomic E-state index is 0.274. The molecule has 3 nitrogen and oxygen atoms in total. The molecule has 0 bridgehead atoms. The van der Waals surface area contributed by atoms with Crippen LogP contribution < -0.4 is 0 Å². The molecule has 5 heteroatoms. The largest absolute Gasteiger partial charge is 0.242 e. The highest BCUT2D eigenvalue weighted by molar-refractivity contribution is 7.91. The fourth-order valence-electron chi connectivity index (χ4n) is 2.83. The van der Waals surface area contributed by atoms with E-state index in [9.17, 15) is 8.42 Å². The van der Waals surface area contributed by atoms with Gasteiger partial charge >= 0.3 is 0 Å². The van der Waals surface area contributed by atoms with E-state index >= 15 is 0 Å². The maximum absolute atomic E-state index is 11.7. The molecule has 2 aromatic rings. The third-order valence-corrected chi connectivity index (χ3v) is 6.48. The summed E-state index contributed by atoms with van der Waals surface area (Å²) in [7, 11) is -2.80. The lowest BCUT2D eigenvalue weighted by atomic mass is 9.96. The highest BCUT2D eigenvalue weighted by atomic mass is 32.2. The molecule has 0 spiro atoms. The van der Waals surface area contributed by atoms with Gasteiger partial charge in [0.2, 0.25) is 0 Å². The van der Waals surface area contributed by atoms with Crippen LogP contribution in [0.5, 0.6) is 0 Å². The molecule has 19 heavy (non-hydrogen) atoms. The van der Waals surface area contributed by atoms with Gasteiger partial charge in [-0.25, -0.2) is 13.4 Å². The molecule has 1 fully saturated rings.